The number of nitrogens with zero attached hydrogens (tertiary/aromatic N) is 1. The molecule has 0 spiro atoms. The van der Waals surface area contributed by atoms with Crippen molar-refractivity contribution < 1.29 is 19.0 Å². The fourth-order valence-electron chi connectivity index (χ4n) is 1.60. The van der Waals surface area contributed by atoms with Gasteiger partial charge in [0.25, 0.3) is 5.91 Å². The van der Waals surface area contributed by atoms with Crippen LogP contribution in [-0.2, 0) is 4.79 Å². The van der Waals surface area contributed by atoms with Gasteiger partial charge in [-0.3, -0.25) is 4.79 Å². The zero-order valence-electron chi connectivity index (χ0n) is 11.4. The second-order valence-electron chi connectivity index (χ2n) is 4.46. The largest absolute Gasteiger partial charge is 0.482 e. The van der Waals surface area contributed by atoms with Crippen molar-refractivity contribution in [2.24, 2.45) is 0 Å². The summed E-state index contributed by atoms with van der Waals surface area (Å²) in [7, 11) is 1.69. The van der Waals surface area contributed by atoms with Crippen molar-refractivity contribution in [1.82, 2.24) is 4.90 Å². The Morgan fingerprint density at radius 2 is 2.15 bits per heavy atom. The first-order valence-electron chi connectivity index (χ1n) is 6.47. The van der Waals surface area contributed by atoms with E-state index >= 15 is 0 Å². The van der Waals surface area contributed by atoms with Crippen molar-refractivity contribution in [3.63, 3.8) is 0 Å². The maximum absolute atomic E-state index is 12.8. The van der Waals surface area contributed by atoms with Crippen LogP contribution in [0.4, 0.5) is 4.39 Å². The summed E-state index contributed by atoms with van der Waals surface area (Å²) in [6.45, 7) is 0.644. The average Bonchev–Trinajstić information content (AvgIpc) is 2.42. The van der Waals surface area contributed by atoms with Gasteiger partial charge in [0.05, 0.1) is 5.02 Å². The molecule has 0 unspecified atom stereocenters. The van der Waals surface area contributed by atoms with Gasteiger partial charge in [0.2, 0.25) is 0 Å². The lowest BCUT2D eigenvalue weighted by Gasteiger charge is -2.17. The van der Waals surface area contributed by atoms with E-state index in [2.05, 4.69) is 0 Å². The van der Waals surface area contributed by atoms with Crippen LogP contribution in [0.25, 0.3) is 0 Å². The molecule has 1 aromatic carbocycles. The molecule has 0 heterocycles. The van der Waals surface area contributed by atoms with Crippen molar-refractivity contribution in [2.45, 2.75) is 19.3 Å². The van der Waals surface area contributed by atoms with E-state index in [0.29, 0.717) is 6.54 Å². The van der Waals surface area contributed by atoms with E-state index in [4.69, 9.17) is 21.4 Å². The van der Waals surface area contributed by atoms with Crippen LogP contribution in [0.1, 0.15) is 19.3 Å². The van der Waals surface area contributed by atoms with Crippen LogP contribution in [0.5, 0.6) is 5.75 Å². The number of carbonyl (C=O) groups is 1. The van der Waals surface area contributed by atoms with Crippen LogP contribution in [0.2, 0.25) is 5.02 Å². The van der Waals surface area contributed by atoms with E-state index in [-0.39, 0.29) is 29.9 Å². The highest BCUT2D eigenvalue weighted by atomic mass is 35.5. The SMILES string of the molecule is CN(CCCCCO)C(=O)COc1ccc(F)cc1Cl. The number of unbranched alkanes of at least 4 members (excludes halogenated alkanes) is 2. The van der Waals surface area contributed by atoms with Gasteiger partial charge < -0.3 is 14.7 Å². The number of rotatable bonds is 8. The number of likely N-dealkylation sites (N-methyl/N-ethyl adjacent to an activating group) is 1. The van der Waals surface area contributed by atoms with Gasteiger partial charge >= 0.3 is 0 Å². The number of halogens is 2. The minimum Gasteiger partial charge on any atom is -0.482 e. The highest BCUT2D eigenvalue weighted by Gasteiger charge is 2.11. The predicted molar refractivity (Wildman–Crippen MR) is 75.5 cm³/mol. The molecular weight excluding hydrogens is 285 g/mol. The summed E-state index contributed by atoms with van der Waals surface area (Å²) in [6, 6.07) is 3.76. The third-order valence-electron chi connectivity index (χ3n) is 2.82. The van der Waals surface area contributed by atoms with E-state index in [1.807, 2.05) is 0 Å². The molecule has 0 aromatic heterocycles. The molecule has 0 atom stereocenters. The number of hydrogen-bond acceptors (Lipinski definition) is 3. The van der Waals surface area contributed by atoms with Gasteiger partial charge in [-0.05, 0) is 37.5 Å². The Balaban J connectivity index is 2.34. The predicted octanol–water partition coefficient (Wildman–Crippen LogP) is 2.48. The maximum atomic E-state index is 12.8. The second-order valence-corrected chi connectivity index (χ2v) is 4.87. The molecule has 0 bridgehead atoms. The number of carbonyl (C=O) groups excluding carboxylic acids is 1. The Morgan fingerprint density at radius 1 is 1.40 bits per heavy atom. The van der Waals surface area contributed by atoms with Gasteiger partial charge in [-0.25, -0.2) is 4.39 Å². The minimum atomic E-state index is -0.449. The van der Waals surface area contributed by atoms with E-state index in [1.165, 1.54) is 12.1 Å². The van der Waals surface area contributed by atoms with Crippen molar-refractivity contribution in [1.29, 1.82) is 0 Å². The van der Waals surface area contributed by atoms with Gasteiger partial charge in [-0.2, -0.15) is 0 Å². The molecule has 0 aliphatic carbocycles. The summed E-state index contributed by atoms with van der Waals surface area (Å²) in [6.07, 6.45) is 2.45. The van der Waals surface area contributed by atoms with Crippen LogP contribution in [-0.4, -0.2) is 42.7 Å². The van der Waals surface area contributed by atoms with Gasteiger partial charge in [-0.15, -0.1) is 0 Å². The molecule has 1 N–H and O–H groups in total. The Hall–Kier alpha value is -1.33. The molecule has 0 saturated heterocycles. The first-order valence-corrected chi connectivity index (χ1v) is 6.85. The van der Waals surface area contributed by atoms with E-state index < -0.39 is 5.82 Å². The lowest BCUT2D eigenvalue weighted by molar-refractivity contribution is -0.132. The van der Waals surface area contributed by atoms with Gasteiger partial charge in [0.15, 0.2) is 6.61 Å². The fraction of sp³-hybridized carbons (Fsp3) is 0.500. The van der Waals surface area contributed by atoms with Crippen LogP contribution in [0.15, 0.2) is 18.2 Å². The number of ether oxygens (including phenoxy) is 1. The molecule has 0 fully saturated rings. The zero-order valence-corrected chi connectivity index (χ0v) is 12.2. The second kappa shape index (κ2) is 8.76. The van der Waals surface area contributed by atoms with Crippen molar-refractivity contribution in [3.8, 4) is 5.75 Å². The Labute approximate surface area is 123 Å². The number of aliphatic hydroxyl groups is 1. The maximum Gasteiger partial charge on any atom is 0.260 e. The van der Waals surface area contributed by atoms with Crippen LogP contribution in [0.3, 0.4) is 0 Å². The van der Waals surface area contributed by atoms with Gasteiger partial charge in [-0.1, -0.05) is 11.6 Å². The van der Waals surface area contributed by atoms with Gasteiger partial charge in [0.1, 0.15) is 11.6 Å². The molecule has 4 nitrogen and oxygen atoms in total. The summed E-state index contributed by atoms with van der Waals surface area (Å²) < 4.78 is 18.1. The molecule has 1 amide bonds. The third kappa shape index (κ3) is 5.75. The molecule has 0 saturated carbocycles. The number of amides is 1. The van der Waals surface area contributed by atoms with E-state index in [9.17, 15) is 9.18 Å². The van der Waals surface area contributed by atoms with Crippen LogP contribution < -0.4 is 4.74 Å². The normalized spacial score (nSPS) is 10.4. The highest BCUT2D eigenvalue weighted by molar-refractivity contribution is 6.32. The molecule has 0 aliphatic heterocycles. The summed E-state index contributed by atoms with van der Waals surface area (Å²) in [5, 5.41) is 8.80. The highest BCUT2D eigenvalue weighted by Crippen LogP contribution is 2.24. The van der Waals surface area contributed by atoms with E-state index in [1.54, 1.807) is 11.9 Å². The Kier molecular flexibility index (Phi) is 7.33. The fourth-order valence-corrected chi connectivity index (χ4v) is 1.83. The van der Waals surface area contributed by atoms with Crippen molar-refractivity contribution >= 4 is 17.5 Å². The van der Waals surface area contributed by atoms with Crippen LogP contribution >= 0.6 is 11.6 Å². The molecule has 0 aliphatic rings. The number of aliphatic hydroxyl groups excluding tert-OH is 1. The first-order chi connectivity index (χ1) is 9.54. The molecule has 6 heteroatoms. The molecule has 1 aromatic rings. The van der Waals surface area contributed by atoms with Crippen molar-refractivity contribution in [2.75, 3.05) is 26.8 Å². The number of hydrogen-bond donors (Lipinski definition) is 1. The Bertz CT molecular complexity index is 442. The quantitative estimate of drug-likeness (QED) is 0.751. The molecule has 1 rings (SSSR count). The lowest BCUT2D eigenvalue weighted by Crippen LogP contribution is -2.32. The summed E-state index contributed by atoms with van der Waals surface area (Å²) in [4.78, 5) is 13.4. The molecule has 20 heavy (non-hydrogen) atoms. The summed E-state index contributed by atoms with van der Waals surface area (Å²) in [5.41, 5.74) is 0. The summed E-state index contributed by atoms with van der Waals surface area (Å²) >= 11 is 5.80. The third-order valence-corrected chi connectivity index (χ3v) is 3.12. The zero-order chi connectivity index (χ0) is 15.0. The number of benzene rings is 1. The van der Waals surface area contributed by atoms with Gasteiger partial charge in [0, 0.05) is 20.2 Å². The molecule has 0 radical (unpaired) electrons. The first kappa shape index (κ1) is 16.7. The standard InChI is InChI=1S/C14H19ClFNO3/c1-17(7-3-2-4-8-18)14(19)10-20-13-6-5-11(16)9-12(13)15/h5-6,9,18H,2-4,7-8,10H2,1H3. The monoisotopic (exact) mass is 303 g/mol. The average molecular weight is 304 g/mol. The topological polar surface area (TPSA) is 49.8 Å². The summed E-state index contributed by atoms with van der Waals surface area (Å²) in [5.74, 6) is -0.334. The minimum absolute atomic E-state index is 0.137. The smallest absolute Gasteiger partial charge is 0.260 e. The van der Waals surface area contributed by atoms with Crippen molar-refractivity contribution in [3.05, 3.63) is 29.0 Å². The lowest BCUT2D eigenvalue weighted by atomic mass is 10.2. The molecule has 112 valence electrons. The van der Waals surface area contributed by atoms with Crippen LogP contribution in [0, 0.1) is 5.82 Å². The Morgan fingerprint density at radius 3 is 2.80 bits per heavy atom. The molecular formula is C14H19ClFNO3. The van der Waals surface area contributed by atoms with E-state index in [0.717, 1.165) is 25.3 Å².